The number of carbonyl (C=O) groups excluding carboxylic acids is 2. The largest absolute Gasteiger partial charge is 0.497 e. The van der Waals surface area contributed by atoms with Gasteiger partial charge in [-0.15, -0.1) is 0 Å². The predicted octanol–water partition coefficient (Wildman–Crippen LogP) is 4.54. The molecule has 0 saturated carbocycles. The molecule has 0 aromatic heterocycles. The second-order valence-electron chi connectivity index (χ2n) is 6.62. The highest BCUT2D eigenvalue weighted by molar-refractivity contribution is 6.12. The van der Waals surface area contributed by atoms with E-state index in [1.807, 2.05) is 0 Å². The summed E-state index contributed by atoms with van der Waals surface area (Å²) in [5.41, 5.74) is 0.514. The van der Waals surface area contributed by atoms with Crippen LogP contribution in [-0.2, 0) is 9.53 Å². The van der Waals surface area contributed by atoms with Crippen molar-refractivity contribution in [1.29, 1.82) is 0 Å². The normalized spacial score (nSPS) is 14.2. The second-order valence-corrected chi connectivity index (χ2v) is 6.62. The Morgan fingerprint density at radius 3 is 2.19 bits per heavy atom. The van der Waals surface area contributed by atoms with Crippen LogP contribution in [0.25, 0.3) is 6.08 Å². The maximum atomic E-state index is 13.7. The van der Waals surface area contributed by atoms with Crippen LogP contribution >= 0.6 is 0 Å². The van der Waals surface area contributed by atoms with E-state index in [-0.39, 0.29) is 17.3 Å². The van der Waals surface area contributed by atoms with Gasteiger partial charge in [-0.05, 0) is 60.2 Å². The Morgan fingerprint density at radius 2 is 1.56 bits per heavy atom. The third-order valence-electron chi connectivity index (χ3n) is 4.52. The topological polar surface area (TPSA) is 74.2 Å². The van der Waals surface area contributed by atoms with Gasteiger partial charge in [-0.1, -0.05) is 18.2 Å². The Labute approximate surface area is 181 Å². The number of esters is 2. The molecule has 1 aliphatic rings. The molecule has 0 radical (unpaired) electrons. The monoisotopic (exact) mass is 435 g/mol. The molecule has 0 spiro atoms. The molecule has 0 bridgehead atoms. The number of aliphatic imine (C=N–C) groups is 1. The lowest BCUT2D eigenvalue weighted by molar-refractivity contribution is -0.129. The van der Waals surface area contributed by atoms with Crippen molar-refractivity contribution in [3.63, 3.8) is 0 Å². The van der Waals surface area contributed by atoms with Crippen molar-refractivity contribution < 1.29 is 32.6 Å². The number of carbonyl (C=O) groups is 2. The van der Waals surface area contributed by atoms with Crippen LogP contribution in [0.3, 0.4) is 0 Å². The molecule has 0 amide bonds. The van der Waals surface area contributed by atoms with Crippen molar-refractivity contribution in [3.05, 3.63) is 101 Å². The molecule has 8 heteroatoms. The van der Waals surface area contributed by atoms with Crippen LogP contribution in [0.15, 0.2) is 77.4 Å². The maximum Gasteiger partial charge on any atom is 0.363 e. The minimum atomic E-state index is -1.15. The van der Waals surface area contributed by atoms with Crippen molar-refractivity contribution >= 4 is 23.9 Å². The van der Waals surface area contributed by atoms with E-state index >= 15 is 0 Å². The first kappa shape index (κ1) is 20.9. The molecule has 32 heavy (non-hydrogen) atoms. The van der Waals surface area contributed by atoms with E-state index in [0.29, 0.717) is 16.9 Å². The lowest BCUT2D eigenvalue weighted by atomic mass is 10.2. The molecule has 0 atom stereocenters. The summed E-state index contributed by atoms with van der Waals surface area (Å²) in [5.74, 6) is -2.88. The highest BCUT2D eigenvalue weighted by atomic mass is 19.1. The van der Waals surface area contributed by atoms with E-state index in [9.17, 15) is 18.4 Å². The quantitative estimate of drug-likeness (QED) is 0.334. The average Bonchev–Trinajstić information content (AvgIpc) is 3.15. The van der Waals surface area contributed by atoms with Gasteiger partial charge in [0.2, 0.25) is 5.90 Å². The summed E-state index contributed by atoms with van der Waals surface area (Å²) in [5, 5.41) is 0. The molecule has 1 heterocycles. The Bertz CT molecular complexity index is 1230. The lowest BCUT2D eigenvalue weighted by Crippen LogP contribution is -2.13. The van der Waals surface area contributed by atoms with Crippen molar-refractivity contribution in [2.24, 2.45) is 4.99 Å². The van der Waals surface area contributed by atoms with Crippen LogP contribution in [0.2, 0.25) is 0 Å². The fraction of sp³-hybridized carbons (Fsp3) is 0.0417. The van der Waals surface area contributed by atoms with Crippen molar-refractivity contribution in [3.8, 4) is 11.5 Å². The number of rotatable bonds is 5. The van der Waals surface area contributed by atoms with Gasteiger partial charge in [0, 0.05) is 5.56 Å². The summed E-state index contributed by atoms with van der Waals surface area (Å²) in [4.78, 5) is 28.4. The Kier molecular flexibility index (Phi) is 5.76. The molecular weight excluding hydrogens is 420 g/mol. The number of halogens is 2. The summed E-state index contributed by atoms with van der Waals surface area (Å²) in [6.45, 7) is 0. The summed E-state index contributed by atoms with van der Waals surface area (Å²) < 4.78 is 42.8. The molecule has 6 nitrogen and oxygen atoms in total. The van der Waals surface area contributed by atoms with Gasteiger partial charge in [-0.3, -0.25) is 0 Å². The molecular formula is C24H15F2NO5. The van der Waals surface area contributed by atoms with E-state index in [1.54, 1.807) is 43.5 Å². The molecule has 3 aromatic rings. The summed E-state index contributed by atoms with van der Waals surface area (Å²) >= 11 is 0. The van der Waals surface area contributed by atoms with Crippen molar-refractivity contribution in [2.45, 2.75) is 0 Å². The Morgan fingerprint density at radius 1 is 0.938 bits per heavy atom. The number of cyclic esters (lactones) is 1. The SMILES string of the molecule is COc1ccc(C2=N/C(=C/c3ccc(OC(=O)c4c(F)cccc4F)cc3)C(=O)O2)cc1. The zero-order chi connectivity index (χ0) is 22.7. The lowest BCUT2D eigenvalue weighted by Gasteiger charge is -2.06. The van der Waals surface area contributed by atoms with Gasteiger partial charge in [-0.2, -0.15) is 0 Å². The third kappa shape index (κ3) is 4.39. The average molecular weight is 435 g/mol. The van der Waals surface area contributed by atoms with Crippen LogP contribution in [0.4, 0.5) is 8.78 Å². The maximum absolute atomic E-state index is 13.7. The van der Waals surface area contributed by atoms with Gasteiger partial charge < -0.3 is 14.2 Å². The first-order valence-corrected chi connectivity index (χ1v) is 9.38. The molecule has 160 valence electrons. The van der Waals surface area contributed by atoms with E-state index < -0.39 is 29.1 Å². The zero-order valence-electron chi connectivity index (χ0n) is 16.7. The van der Waals surface area contributed by atoms with Gasteiger partial charge in [0.25, 0.3) is 0 Å². The van der Waals surface area contributed by atoms with Crippen LogP contribution in [0.1, 0.15) is 21.5 Å². The summed E-state index contributed by atoms with van der Waals surface area (Å²) in [7, 11) is 1.55. The van der Waals surface area contributed by atoms with E-state index in [0.717, 1.165) is 18.2 Å². The minimum Gasteiger partial charge on any atom is -0.497 e. The van der Waals surface area contributed by atoms with Gasteiger partial charge in [0.05, 0.1) is 7.11 Å². The van der Waals surface area contributed by atoms with Crippen LogP contribution in [0, 0.1) is 11.6 Å². The van der Waals surface area contributed by atoms with Gasteiger partial charge in [0.1, 0.15) is 28.7 Å². The smallest absolute Gasteiger partial charge is 0.363 e. The predicted molar refractivity (Wildman–Crippen MR) is 111 cm³/mol. The number of hydrogen-bond donors (Lipinski definition) is 0. The molecule has 1 aliphatic heterocycles. The highest BCUT2D eigenvalue weighted by Crippen LogP contribution is 2.23. The Hall–Kier alpha value is -4.33. The fourth-order valence-corrected chi connectivity index (χ4v) is 2.91. The highest BCUT2D eigenvalue weighted by Gasteiger charge is 2.24. The van der Waals surface area contributed by atoms with Crippen LogP contribution < -0.4 is 9.47 Å². The van der Waals surface area contributed by atoms with Crippen molar-refractivity contribution in [2.75, 3.05) is 7.11 Å². The number of hydrogen-bond acceptors (Lipinski definition) is 6. The number of nitrogens with zero attached hydrogens (tertiary/aromatic N) is 1. The van der Waals surface area contributed by atoms with Crippen molar-refractivity contribution in [1.82, 2.24) is 0 Å². The molecule has 0 saturated heterocycles. The van der Waals surface area contributed by atoms with Crippen LogP contribution in [-0.4, -0.2) is 24.9 Å². The Balaban J connectivity index is 1.49. The summed E-state index contributed by atoms with van der Waals surface area (Å²) in [6, 6.07) is 15.9. The minimum absolute atomic E-state index is 0.0798. The number of methoxy groups -OCH3 is 1. The molecule has 4 rings (SSSR count). The number of benzene rings is 3. The van der Waals surface area contributed by atoms with Crippen LogP contribution in [0.5, 0.6) is 11.5 Å². The van der Waals surface area contributed by atoms with E-state index in [4.69, 9.17) is 14.2 Å². The fourth-order valence-electron chi connectivity index (χ4n) is 2.91. The standard InChI is InChI=1S/C24H15F2NO5/c1-30-16-11-7-15(8-12-16)22-27-20(23(28)32-22)13-14-5-9-17(10-6-14)31-24(29)21-18(25)3-2-4-19(21)26/h2-13H,1H3/b20-13+. The molecule has 0 N–H and O–H groups in total. The summed E-state index contributed by atoms with van der Waals surface area (Å²) in [6.07, 6.45) is 1.50. The van der Waals surface area contributed by atoms with Gasteiger partial charge in [-0.25, -0.2) is 23.4 Å². The first-order chi connectivity index (χ1) is 15.4. The van der Waals surface area contributed by atoms with E-state index in [2.05, 4.69) is 4.99 Å². The second kappa shape index (κ2) is 8.81. The third-order valence-corrected chi connectivity index (χ3v) is 4.52. The molecule has 0 fully saturated rings. The first-order valence-electron chi connectivity index (χ1n) is 9.38. The molecule has 0 aliphatic carbocycles. The number of ether oxygens (including phenoxy) is 3. The van der Waals surface area contributed by atoms with Gasteiger partial charge in [0.15, 0.2) is 5.70 Å². The molecule has 3 aromatic carbocycles. The zero-order valence-corrected chi connectivity index (χ0v) is 16.7. The van der Waals surface area contributed by atoms with Gasteiger partial charge >= 0.3 is 11.9 Å². The van der Waals surface area contributed by atoms with E-state index in [1.165, 1.54) is 18.2 Å². The molecule has 0 unspecified atom stereocenters.